The summed E-state index contributed by atoms with van der Waals surface area (Å²) in [7, 11) is 0. The van der Waals surface area contributed by atoms with Crippen molar-refractivity contribution in [1.82, 2.24) is 5.32 Å². The first-order valence-corrected chi connectivity index (χ1v) is 6.11. The van der Waals surface area contributed by atoms with Gasteiger partial charge in [0.25, 0.3) is 0 Å². The van der Waals surface area contributed by atoms with Crippen LogP contribution < -0.4 is 5.32 Å². The number of ether oxygens (including phenoxy) is 1. The minimum absolute atomic E-state index is 0.0964. The molecule has 0 aliphatic heterocycles. The van der Waals surface area contributed by atoms with E-state index < -0.39 is 0 Å². The van der Waals surface area contributed by atoms with E-state index in [-0.39, 0.29) is 24.0 Å². The minimum atomic E-state index is -0.298. The molecule has 1 saturated carbocycles. The third-order valence-electron chi connectivity index (χ3n) is 3.41. The lowest BCUT2D eigenvalue weighted by Gasteiger charge is -2.38. The van der Waals surface area contributed by atoms with Gasteiger partial charge in [-0.25, -0.2) is 0 Å². The first-order valence-electron chi connectivity index (χ1n) is 6.11. The number of aliphatic hydroxyl groups is 1. The Morgan fingerprint density at radius 1 is 1.56 bits per heavy atom. The summed E-state index contributed by atoms with van der Waals surface area (Å²) in [6.45, 7) is 5.10. The molecule has 1 fully saturated rings. The summed E-state index contributed by atoms with van der Waals surface area (Å²) in [5, 5.41) is 12.8. The fraction of sp³-hybridized carbons (Fsp3) is 0.917. The maximum atomic E-state index is 11.4. The average Bonchev–Trinajstić information content (AvgIpc) is 2.28. The molecule has 1 rings (SSSR count). The van der Waals surface area contributed by atoms with E-state index in [0.29, 0.717) is 13.2 Å². The lowest BCUT2D eigenvalue weighted by atomic mass is 9.73. The van der Waals surface area contributed by atoms with Crippen LogP contribution in [0.5, 0.6) is 0 Å². The molecular weight excluding hydrogens is 206 g/mol. The van der Waals surface area contributed by atoms with E-state index in [2.05, 4.69) is 5.32 Å². The molecule has 1 aliphatic rings. The van der Waals surface area contributed by atoms with E-state index in [1.165, 1.54) is 0 Å². The van der Waals surface area contributed by atoms with Gasteiger partial charge in [-0.1, -0.05) is 19.8 Å². The van der Waals surface area contributed by atoms with Gasteiger partial charge in [-0.2, -0.15) is 0 Å². The molecule has 2 N–H and O–H groups in total. The highest BCUT2D eigenvalue weighted by atomic mass is 16.5. The van der Waals surface area contributed by atoms with Crippen molar-refractivity contribution in [2.24, 2.45) is 5.41 Å². The van der Waals surface area contributed by atoms with E-state index in [1.807, 2.05) is 13.8 Å². The van der Waals surface area contributed by atoms with Crippen LogP contribution in [0.3, 0.4) is 0 Å². The lowest BCUT2D eigenvalue weighted by molar-refractivity contribution is -0.126. The largest absolute Gasteiger partial charge is 0.392 e. The zero-order valence-corrected chi connectivity index (χ0v) is 10.3. The summed E-state index contributed by atoms with van der Waals surface area (Å²) in [6.07, 6.45) is 3.74. The van der Waals surface area contributed by atoms with E-state index >= 15 is 0 Å². The molecule has 0 bridgehead atoms. The second-order valence-electron chi connectivity index (χ2n) is 4.83. The molecule has 0 aromatic carbocycles. The summed E-state index contributed by atoms with van der Waals surface area (Å²) < 4.78 is 5.02. The SMILES string of the molecule is CCOCC(=O)NC[C@]1(C)CCCC[C@@H]1O. The van der Waals surface area contributed by atoms with Gasteiger partial charge in [0.2, 0.25) is 5.91 Å². The number of carbonyl (C=O) groups is 1. The molecule has 0 radical (unpaired) electrons. The Morgan fingerprint density at radius 2 is 2.31 bits per heavy atom. The van der Waals surface area contributed by atoms with Gasteiger partial charge in [0.15, 0.2) is 0 Å². The molecule has 94 valence electrons. The third-order valence-corrected chi connectivity index (χ3v) is 3.41. The number of amides is 1. The van der Waals surface area contributed by atoms with E-state index in [1.54, 1.807) is 0 Å². The molecule has 0 aromatic rings. The molecule has 0 aromatic heterocycles. The van der Waals surface area contributed by atoms with Crippen LogP contribution in [0.2, 0.25) is 0 Å². The molecule has 2 atom stereocenters. The second kappa shape index (κ2) is 6.21. The van der Waals surface area contributed by atoms with Crippen molar-refractivity contribution >= 4 is 5.91 Å². The summed E-state index contributed by atoms with van der Waals surface area (Å²) in [4.78, 5) is 11.4. The van der Waals surface area contributed by atoms with Gasteiger partial charge in [-0.15, -0.1) is 0 Å². The Labute approximate surface area is 97.4 Å². The molecule has 1 aliphatic carbocycles. The van der Waals surface area contributed by atoms with Crippen LogP contribution in [0.4, 0.5) is 0 Å². The highest BCUT2D eigenvalue weighted by Gasteiger charge is 2.35. The van der Waals surface area contributed by atoms with Crippen molar-refractivity contribution < 1.29 is 14.6 Å². The molecule has 0 saturated heterocycles. The fourth-order valence-corrected chi connectivity index (χ4v) is 2.13. The van der Waals surface area contributed by atoms with Crippen LogP contribution >= 0.6 is 0 Å². The monoisotopic (exact) mass is 229 g/mol. The van der Waals surface area contributed by atoms with Crippen molar-refractivity contribution in [3.63, 3.8) is 0 Å². The highest BCUT2D eigenvalue weighted by Crippen LogP contribution is 2.35. The minimum Gasteiger partial charge on any atom is -0.392 e. The van der Waals surface area contributed by atoms with Crippen LogP contribution in [-0.2, 0) is 9.53 Å². The Bertz CT molecular complexity index is 232. The smallest absolute Gasteiger partial charge is 0.246 e. The number of nitrogens with one attached hydrogen (secondary N) is 1. The van der Waals surface area contributed by atoms with Crippen LogP contribution in [0.15, 0.2) is 0 Å². The first kappa shape index (κ1) is 13.5. The first-order chi connectivity index (χ1) is 7.58. The molecular formula is C12H23NO3. The third kappa shape index (κ3) is 3.76. The number of rotatable bonds is 5. The molecule has 4 nitrogen and oxygen atoms in total. The van der Waals surface area contributed by atoms with Crippen LogP contribution in [0.25, 0.3) is 0 Å². The normalized spacial score (nSPS) is 30.1. The standard InChI is InChI=1S/C12H23NO3/c1-3-16-8-11(15)13-9-12(2)7-5-4-6-10(12)14/h10,14H,3-9H2,1-2H3,(H,13,15)/t10-,12-/m0/s1. The topological polar surface area (TPSA) is 58.6 Å². The zero-order valence-electron chi connectivity index (χ0n) is 10.3. The highest BCUT2D eigenvalue weighted by molar-refractivity contribution is 5.77. The predicted molar refractivity (Wildman–Crippen MR) is 62.1 cm³/mol. The fourth-order valence-electron chi connectivity index (χ4n) is 2.13. The maximum Gasteiger partial charge on any atom is 0.246 e. The van der Waals surface area contributed by atoms with E-state index in [4.69, 9.17) is 4.74 Å². The molecule has 1 amide bonds. The van der Waals surface area contributed by atoms with Crippen molar-refractivity contribution in [3.8, 4) is 0 Å². The summed E-state index contributed by atoms with van der Waals surface area (Å²) in [5.41, 5.74) is -0.167. The van der Waals surface area contributed by atoms with Gasteiger partial charge >= 0.3 is 0 Å². The average molecular weight is 229 g/mol. The number of aliphatic hydroxyl groups excluding tert-OH is 1. The van der Waals surface area contributed by atoms with Crippen LogP contribution in [0.1, 0.15) is 39.5 Å². The van der Waals surface area contributed by atoms with Gasteiger partial charge < -0.3 is 15.2 Å². The van der Waals surface area contributed by atoms with E-state index in [0.717, 1.165) is 25.7 Å². The van der Waals surface area contributed by atoms with Gasteiger partial charge in [-0.05, 0) is 19.8 Å². The van der Waals surface area contributed by atoms with Gasteiger partial charge in [0.05, 0.1) is 6.10 Å². The predicted octanol–water partition coefficient (Wildman–Crippen LogP) is 1.08. The quantitative estimate of drug-likeness (QED) is 0.741. The van der Waals surface area contributed by atoms with E-state index in [9.17, 15) is 9.90 Å². The molecule has 16 heavy (non-hydrogen) atoms. The lowest BCUT2D eigenvalue weighted by Crippen LogP contribution is -2.45. The molecule has 0 unspecified atom stereocenters. The Morgan fingerprint density at radius 3 is 2.94 bits per heavy atom. The van der Waals surface area contributed by atoms with Crippen molar-refractivity contribution in [3.05, 3.63) is 0 Å². The van der Waals surface area contributed by atoms with Crippen molar-refractivity contribution in [2.75, 3.05) is 19.8 Å². The number of carbonyl (C=O) groups excluding carboxylic acids is 1. The molecule has 0 spiro atoms. The molecule has 4 heteroatoms. The number of hydrogen-bond acceptors (Lipinski definition) is 3. The number of hydrogen-bond donors (Lipinski definition) is 2. The summed E-state index contributed by atoms with van der Waals surface area (Å²) in [6, 6.07) is 0. The van der Waals surface area contributed by atoms with Gasteiger partial charge in [0.1, 0.15) is 6.61 Å². The molecule has 0 heterocycles. The van der Waals surface area contributed by atoms with Crippen molar-refractivity contribution in [1.29, 1.82) is 0 Å². The van der Waals surface area contributed by atoms with Crippen LogP contribution in [-0.4, -0.2) is 36.9 Å². The van der Waals surface area contributed by atoms with Crippen molar-refractivity contribution in [2.45, 2.75) is 45.6 Å². The van der Waals surface area contributed by atoms with Gasteiger partial charge in [0, 0.05) is 18.6 Å². The Hall–Kier alpha value is -0.610. The second-order valence-corrected chi connectivity index (χ2v) is 4.83. The zero-order chi connectivity index (χ0) is 12.0. The van der Waals surface area contributed by atoms with Gasteiger partial charge in [-0.3, -0.25) is 4.79 Å². The van der Waals surface area contributed by atoms with Crippen LogP contribution in [0, 0.1) is 5.41 Å². The Balaban J connectivity index is 2.32. The summed E-state index contributed by atoms with van der Waals surface area (Å²) in [5.74, 6) is -0.0964. The Kier molecular flexibility index (Phi) is 5.22. The summed E-state index contributed by atoms with van der Waals surface area (Å²) >= 11 is 0. The maximum absolute atomic E-state index is 11.4.